The van der Waals surface area contributed by atoms with Crippen LogP contribution in [0.2, 0.25) is 0 Å². The fourth-order valence-electron chi connectivity index (χ4n) is 2.53. The van der Waals surface area contributed by atoms with Crippen molar-refractivity contribution in [3.05, 3.63) is 35.9 Å². The molecule has 0 aromatic heterocycles. The lowest BCUT2D eigenvalue weighted by Gasteiger charge is -2.19. The molecular formula is C16H21NO4S. The summed E-state index contributed by atoms with van der Waals surface area (Å²) in [6.07, 6.45) is 1.77. The highest BCUT2D eigenvalue weighted by atomic mass is 32.2. The van der Waals surface area contributed by atoms with Crippen LogP contribution in [0.5, 0.6) is 0 Å². The third kappa shape index (κ3) is 4.74. The van der Waals surface area contributed by atoms with E-state index in [9.17, 15) is 14.7 Å². The highest BCUT2D eigenvalue weighted by Gasteiger charge is 2.35. The lowest BCUT2D eigenvalue weighted by molar-refractivity contribution is -0.137. The summed E-state index contributed by atoms with van der Waals surface area (Å²) in [7, 11) is 0. The fourth-order valence-corrected chi connectivity index (χ4v) is 3.98. The van der Waals surface area contributed by atoms with Crippen LogP contribution in [0.3, 0.4) is 0 Å². The summed E-state index contributed by atoms with van der Waals surface area (Å²) in [5, 5.41) is 21.9. The molecule has 0 bridgehead atoms. The van der Waals surface area contributed by atoms with Crippen molar-refractivity contribution in [2.24, 2.45) is 0 Å². The minimum absolute atomic E-state index is 0.0647. The molecule has 5 nitrogen and oxygen atoms in total. The van der Waals surface area contributed by atoms with Crippen molar-refractivity contribution in [2.45, 2.75) is 43.1 Å². The number of thioether (sulfide) groups is 1. The van der Waals surface area contributed by atoms with Gasteiger partial charge in [0.15, 0.2) is 0 Å². The Morgan fingerprint density at radius 1 is 1.23 bits per heavy atom. The van der Waals surface area contributed by atoms with Gasteiger partial charge in [-0.2, -0.15) is 11.8 Å². The van der Waals surface area contributed by atoms with Crippen LogP contribution in [0.1, 0.15) is 36.0 Å². The third-order valence-electron chi connectivity index (χ3n) is 3.76. The van der Waals surface area contributed by atoms with E-state index in [1.165, 1.54) is 0 Å². The van der Waals surface area contributed by atoms with Crippen molar-refractivity contribution in [3.8, 4) is 0 Å². The van der Waals surface area contributed by atoms with Crippen molar-refractivity contribution in [1.29, 1.82) is 0 Å². The highest BCUT2D eigenvalue weighted by Crippen LogP contribution is 2.31. The van der Waals surface area contributed by atoms with Crippen LogP contribution in [0.4, 0.5) is 0 Å². The second-order valence-corrected chi connectivity index (χ2v) is 6.72. The number of hydrogen-bond donors (Lipinski definition) is 3. The molecule has 3 N–H and O–H groups in total. The first-order valence-electron chi connectivity index (χ1n) is 7.45. The predicted octanol–water partition coefficient (Wildman–Crippen LogP) is 1.91. The van der Waals surface area contributed by atoms with Gasteiger partial charge in [0.25, 0.3) is 5.91 Å². The molecule has 0 aliphatic carbocycles. The Morgan fingerprint density at radius 2 is 1.95 bits per heavy atom. The van der Waals surface area contributed by atoms with Crippen LogP contribution in [0, 0.1) is 0 Å². The summed E-state index contributed by atoms with van der Waals surface area (Å²) < 4.78 is 0. The van der Waals surface area contributed by atoms with Gasteiger partial charge in [-0.05, 0) is 25.0 Å². The van der Waals surface area contributed by atoms with Crippen LogP contribution < -0.4 is 5.32 Å². The van der Waals surface area contributed by atoms with Gasteiger partial charge in [-0.3, -0.25) is 9.59 Å². The first-order valence-corrected chi connectivity index (χ1v) is 8.50. The number of aliphatic carboxylic acids is 1. The molecule has 1 aliphatic heterocycles. The lowest BCUT2D eigenvalue weighted by Crippen LogP contribution is -2.44. The van der Waals surface area contributed by atoms with Crippen molar-refractivity contribution in [2.75, 3.05) is 5.75 Å². The van der Waals surface area contributed by atoms with Gasteiger partial charge >= 0.3 is 5.97 Å². The Balaban J connectivity index is 1.77. The van der Waals surface area contributed by atoms with E-state index in [1.54, 1.807) is 36.0 Å². The third-order valence-corrected chi connectivity index (χ3v) is 5.26. The molecular weight excluding hydrogens is 302 g/mol. The minimum atomic E-state index is -0.785. The molecule has 120 valence electrons. The zero-order valence-corrected chi connectivity index (χ0v) is 13.1. The number of benzene rings is 1. The first kappa shape index (κ1) is 16.8. The molecule has 0 spiro atoms. The number of nitrogens with one attached hydrogen (secondary N) is 1. The molecule has 3 unspecified atom stereocenters. The van der Waals surface area contributed by atoms with Crippen LogP contribution in [0.25, 0.3) is 0 Å². The summed E-state index contributed by atoms with van der Waals surface area (Å²) in [4.78, 5) is 22.6. The molecule has 2 rings (SSSR count). The largest absolute Gasteiger partial charge is 0.481 e. The van der Waals surface area contributed by atoms with E-state index in [4.69, 9.17) is 5.11 Å². The Kier molecular flexibility index (Phi) is 6.27. The first-order chi connectivity index (χ1) is 10.6. The van der Waals surface area contributed by atoms with Crippen LogP contribution in [-0.2, 0) is 4.79 Å². The van der Waals surface area contributed by atoms with Crippen molar-refractivity contribution in [1.82, 2.24) is 5.32 Å². The van der Waals surface area contributed by atoms with E-state index >= 15 is 0 Å². The van der Waals surface area contributed by atoms with Gasteiger partial charge in [0.1, 0.15) is 0 Å². The number of hydrogen-bond acceptors (Lipinski definition) is 4. The Bertz CT molecular complexity index is 508. The van der Waals surface area contributed by atoms with Gasteiger partial charge < -0.3 is 15.5 Å². The van der Waals surface area contributed by atoms with Gasteiger partial charge in [0.2, 0.25) is 0 Å². The van der Waals surface area contributed by atoms with E-state index in [-0.39, 0.29) is 23.6 Å². The van der Waals surface area contributed by atoms with Crippen molar-refractivity contribution < 1.29 is 19.8 Å². The van der Waals surface area contributed by atoms with E-state index in [0.717, 1.165) is 12.8 Å². The lowest BCUT2D eigenvalue weighted by atomic mass is 10.0. The Hall–Kier alpha value is -1.53. The van der Waals surface area contributed by atoms with Gasteiger partial charge in [0.05, 0.1) is 12.1 Å². The fraction of sp³-hybridized carbons (Fsp3) is 0.500. The number of carboxylic acid groups (broad SMARTS) is 1. The Labute approximate surface area is 134 Å². The average Bonchev–Trinajstić information content (AvgIpc) is 2.85. The molecule has 0 radical (unpaired) electrons. The van der Waals surface area contributed by atoms with E-state index in [0.29, 0.717) is 17.7 Å². The maximum absolute atomic E-state index is 12.1. The summed E-state index contributed by atoms with van der Waals surface area (Å²) in [5.41, 5.74) is 0.588. The molecule has 22 heavy (non-hydrogen) atoms. The zero-order valence-electron chi connectivity index (χ0n) is 12.3. The normalized spacial score (nSPS) is 24.1. The highest BCUT2D eigenvalue weighted by molar-refractivity contribution is 8.00. The maximum Gasteiger partial charge on any atom is 0.303 e. The van der Waals surface area contributed by atoms with Crippen LogP contribution >= 0.6 is 11.8 Å². The molecule has 1 aromatic carbocycles. The van der Waals surface area contributed by atoms with Gasteiger partial charge in [-0.15, -0.1) is 0 Å². The summed E-state index contributed by atoms with van der Waals surface area (Å²) >= 11 is 1.64. The zero-order chi connectivity index (χ0) is 15.9. The molecule has 1 fully saturated rings. The molecule has 3 atom stereocenters. The second kappa shape index (κ2) is 8.19. The predicted molar refractivity (Wildman–Crippen MR) is 86.1 cm³/mol. The number of carbonyl (C=O) groups excluding carboxylic acids is 1. The van der Waals surface area contributed by atoms with Gasteiger partial charge in [-0.25, -0.2) is 0 Å². The van der Waals surface area contributed by atoms with E-state index < -0.39 is 12.1 Å². The SMILES string of the molecule is O=C(O)CCCCC1SCC(NC(=O)c2ccccc2)C1O. The standard InChI is InChI=1S/C16H21NO4S/c18-14(19)9-5-4-8-13-15(20)12(10-22-13)17-16(21)11-6-2-1-3-7-11/h1-3,6-7,12-13,15,20H,4-5,8-10H2,(H,17,21)(H,18,19). The number of aliphatic hydroxyl groups is 1. The van der Waals surface area contributed by atoms with Crippen LogP contribution in [0.15, 0.2) is 30.3 Å². The molecule has 1 saturated heterocycles. The quantitative estimate of drug-likeness (QED) is 0.667. The van der Waals surface area contributed by atoms with Crippen molar-refractivity contribution >= 4 is 23.6 Å². The number of aliphatic hydroxyl groups excluding tert-OH is 1. The molecule has 0 saturated carbocycles. The van der Waals surface area contributed by atoms with Gasteiger partial charge in [-0.1, -0.05) is 24.6 Å². The molecule has 1 heterocycles. The summed E-state index contributed by atoms with van der Waals surface area (Å²) in [6, 6.07) is 8.70. The minimum Gasteiger partial charge on any atom is -0.481 e. The topological polar surface area (TPSA) is 86.6 Å². The van der Waals surface area contributed by atoms with Gasteiger partial charge in [0, 0.05) is 23.0 Å². The summed E-state index contributed by atoms with van der Waals surface area (Å²) in [5.74, 6) is -0.270. The average molecular weight is 323 g/mol. The molecule has 1 aliphatic rings. The second-order valence-electron chi connectivity index (χ2n) is 5.45. The maximum atomic E-state index is 12.1. The number of unbranched alkanes of at least 4 members (excludes halogenated alkanes) is 1. The van der Waals surface area contributed by atoms with E-state index in [2.05, 4.69) is 5.32 Å². The molecule has 1 aromatic rings. The number of rotatable bonds is 7. The number of carbonyl (C=O) groups is 2. The molecule has 6 heteroatoms. The monoisotopic (exact) mass is 323 g/mol. The van der Waals surface area contributed by atoms with E-state index in [1.807, 2.05) is 6.07 Å². The number of carboxylic acids is 1. The number of amides is 1. The smallest absolute Gasteiger partial charge is 0.303 e. The molecule has 1 amide bonds. The Morgan fingerprint density at radius 3 is 2.64 bits per heavy atom. The summed E-state index contributed by atoms with van der Waals surface area (Å²) in [6.45, 7) is 0. The van der Waals surface area contributed by atoms with Crippen LogP contribution in [-0.4, -0.2) is 45.2 Å². The van der Waals surface area contributed by atoms with Crippen molar-refractivity contribution in [3.63, 3.8) is 0 Å².